The fourth-order valence-corrected chi connectivity index (χ4v) is 1.90. The van der Waals surface area contributed by atoms with Gasteiger partial charge in [0.25, 0.3) is 5.91 Å². The van der Waals surface area contributed by atoms with Crippen molar-refractivity contribution in [2.75, 3.05) is 6.54 Å². The molecule has 1 amide bonds. The molecule has 0 bridgehead atoms. The Bertz CT molecular complexity index is 368. The zero-order valence-corrected chi connectivity index (χ0v) is 10.5. The van der Waals surface area contributed by atoms with E-state index >= 15 is 0 Å². The summed E-state index contributed by atoms with van der Waals surface area (Å²) >= 11 is 0. The minimum Gasteiger partial charge on any atom is -0.351 e. The van der Waals surface area contributed by atoms with E-state index in [9.17, 15) is 4.79 Å². The number of aromatic nitrogens is 2. The standard InChI is InChI=1S/C13H21N3O/c1-2-3-4-5-8-14-13(17)12-9-11(15-16-12)10-6-7-10/h9-10H,2-8H2,1H3,(H,14,17)(H,15,16). The molecular formula is C13H21N3O. The zero-order chi connectivity index (χ0) is 12.1. The van der Waals surface area contributed by atoms with Gasteiger partial charge in [-0.15, -0.1) is 0 Å². The highest BCUT2D eigenvalue weighted by Gasteiger charge is 2.26. The van der Waals surface area contributed by atoms with Gasteiger partial charge in [-0.2, -0.15) is 5.10 Å². The molecule has 0 aromatic carbocycles. The Labute approximate surface area is 102 Å². The van der Waals surface area contributed by atoms with Crippen molar-refractivity contribution >= 4 is 5.91 Å². The second-order valence-electron chi connectivity index (χ2n) is 4.80. The van der Waals surface area contributed by atoms with Crippen molar-refractivity contribution in [1.29, 1.82) is 0 Å². The highest BCUT2D eigenvalue weighted by molar-refractivity contribution is 5.92. The van der Waals surface area contributed by atoms with Crippen LogP contribution in [0.5, 0.6) is 0 Å². The van der Waals surface area contributed by atoms with Gasteiger partial charge < -0.3 is 5.32 Å². The van der Waals surface area contributed by atoms with Crippen molar-refractivity contribution in [2.45, 2.75) is 51.4 Å². The Hall–Kier alpha value is -1.32. The summed E-state index contributed by atoms with van der Waals surface area (Å²) < 4.78 is 0. The number of H-pyrrole nitrogens is 1. The van der Waals surface area contributed by atoms with Gasteiger partial charge in [-0.1, -0.05) is 26.2 Å². The predicted octanol–water partition coefficient (Wildman–Crippen LogP) is 2.60. The number of hydrogen-bond acceptors (Lipinski definition) is 2. The normalized spacial score (nSPS) is 14.9. The second-order valence-corrected chi connectivity index (χ2v) is 4.80. The summed E-state index contributed by atoms with van der Waals surface area (Å²) in [7, 11) is 0. The average molecular weight is 235 g/mol. The van der Waals surface area contributed by atoms with E-state index in [4.69, 9.17) is 0 Å². The molecule has 1 aromatic heterocycles. The fraction of sp³-hybridized carbons (Fsp3) is 0.692. The average Bonchev–Trinajstić information content (AvgIpc) is 3.07. The third-order valence-corrected chi connectivity index (χ3v) is 3.16. The SMILES string of the molecule is CCCCCCNC(=O)c1cc(C2CC2)[nH]n1. The first-order chi connectivity index (χ1) is 8.31. The van der Waals surface area contributed by atoms with Crippen molar-refractivity contribution in [3.05, 3.63) is 17.5 Å². The molecule has 0 unspecified atom stereocenters. The zero-order valence-electron chi connectivity index (χ0n) is 10.5. The molecule has 1 saturated carbocycles. The van der Waals surface area contributed by atoms with Crippen LogP contribution in [0, 0.1) is 0 Å². The quantitative estimate of drug-likeness (QED) is 0.714. The van der Waals surface area contributed by atoms with Crippen molar-refractivity contribution in [3.8, 4) is 0 Å². The van der Waals surface area contributed by atoms with Gasteiger partial charge in [0, 0.05) is 18.2 Å². The summed E-state index contributed by atoms with van der Waals surface area (Å²) in [5.41, 5.74) is 1.64. The van der Waals surface area contributed by atoms with E-state index in [0.29, 0.717) is 11.6 Å². The highest BCUT2D eigenvalue weighted by atomic mass is 16.1. The third-order valence-electron chi connectivity index (χ3n) is 3.16. The molecule has 0 aliphatic heterocycles. The van der Waals surface area contributed by atoms with E-state index in [-0.39, 0.29) is 5.91 Å². The Morgan fingerprint density at radius 3 is 3.00 bits per heavy atom. The van der Waals surface area contributed by atoms with E-state index in [1.54, 1.807) is 0 Å². The fourth-order valence-electron chi connectivity index (χ4n) is 1.90. The maximum atomic E-state index is 11.7. The molecule has 1 heterocycles. The van der Waals surface area contributed by atoms with Crippen LogP contribution in [0.3, 0.4) is 0 Å². The van der Waals surface area contributed by atoms with Crippen molar-refractivity contribution in [3.63, 3.8) is 0 Å². The van der Waals surface area contributed by atoms with Gasteiger partial charge in [-0.25, -0.2) is 0 Å². The van der Waals surface area contributed by atoms with Crippen LogP contribution in [0.2, 0.25) is 0 Å². The first kappa shape index (κ1) is 12.1. The van der Waals surface area contributed by atoms with Gasteiger partial charge >= 0.3 is 0 Å². The van der Waals surface area contributed by atoms with E-state index in [0.717, 1.165) is 18.7 Å². The summed E-state index contributed by atoms with van der Waals surface area (Å²) in [5.74, 6) is 0.568. The van der Waals surface area contributed by atoms with Crippen molar-refractivity contribution < 1.29 is 4.79 Å². The first-order valence-corrected chi connectivity index (χ1v) is 6.64. The Balaban J connectivity index is 1.70. The molecule has 1 fully saturated rings. The summed E-state index contributed by atoms with van der Waals surface area (Å²) in [6, 6.07) is 1.89. The molecule has 2 rings (SSSR count). The maximum Gasteiger partial charge on any atom is 0.271 e. The lowest BCUT2D eigenvalue weighted by Crippen LogP contribution is -2.24. The number of carbonyl (C=O) groups is 1. The van der Waals surface area contributed by atoms with Crippen LogP contribution in [-0.4, -0.2) is 22.6 Å². The molecule has 1 aliphatic carbocycles. The molecule has 0 saturated heterocycles. The second kappa shape index (κ2) is 5.84. The molecule has 1 aliphatic rings. The third kappa shape index (κ3) is 3.58. The lowest BCUT2D eigenvalue weighted by atomic mass is 10.2. The van der Waals surface area contributed by atoms with Crippen LogP contribution >= 0.6 is 0 Å². The lowest BCUT2D eigenvalue weighted by molar-refractivity contribution is 0.0948. The van der Waals surface area contributed by atoms with E-state index in [2.05, 4.69) is 22.4 Å². The number of carbonyl (C=O) groups excluding carboxylic acids is 1. The van der Waals surface area contributed by atoms with Gasteiger partial charge in [0.1, 0.15) is 5.69 Å². The maximum absolute atomic E-state index is 11.7. The molecule has 17 heavy (non-hydrogen) atoms. The number of nitrogens with one attached hydrogen (secondary N) is 2. The summed E-state index contributed by atoms with van der Waals surface area (Å²) in [6.07, 6.45) is 7.15. The molecule has 0 radical (unpaired) electrons. The molecule has 0 spiro atoms. The Morgan fingerprint density at radius 2 is 2.29 bits per heavy atom. The lowest BCUT2D eigenvalue weighted by Gasteiger charge is -2.01. The molecule has 0 atom stereocenters. The van der Waals surface area contributed by atoms with Crippen molar-refractivity contribution in [1.82, 2.24) is 15.5 Å². The van der Waals surface area contributed by atoms with Crippen LogP contribution < -0.4 is 5.32 Å². The Morgan fingerprint density at radius 1 is 1.47 bits per heavy atom. The van der Waals surface area contributed by atoms with Gasteiger partial charge in [0.15, 0.2) is 0 Å². The van der Waals surface area contributed by atoms with Gasteiger partial charge in [0.2, 0.25) is 0 Å². The summed E-state index contributed by atoms with van der Waals surface area (Å²) in [5, 5.41) is 9.91. The molecule has 4 heteroatoms. The molecule has 4 nitrogen and oxygen atoms in total. The molecule has 94 valence electrons. The van der Waals surface area contributed by atoms with Gasteiger partial charge in [0.05, 0.1) is 0 Å². The number of hydrogen-bond donors (Lipinski definition) is 2. The van der Waals surface area contributed by atoms with Crippen molar-refractivity contribution in [2.24, 2.45) is 0 Å². The van der Waals surface area contributed by atoms with E-state index in [1.807, 2.05) is 6.07 Å². The minimum atomic E-state index is -0.0513. The monoisotopic (exact) mass is 235 g/mol. The van der Waals surface area contributed by atoms with Crippen LogP contribution in [0.15, 0.2) is 6.07 Å². The molecule has 2 N–H and O–H groups in total. The number of nitrogens with zero attached hydrogens (tertiary/aromatic N) is 1. The van der Waals surface area contributed by atoms with E-state index < -0.39 is 0 Å². The summed E-state index contributed by atoms with van der Waals surface area (Å²) in [6.45, 7) is 2.94. The van der Waals surface area contributed by atoms with Crippen LogP contribution in [0.25, 0.3) is 0 Å². The summed E-state index contributed by atoms with van der Waals surface area (Å²) in [4.78, 5) is 11.7. The number of unbranched alkanes of at least 4 members (excludes halogenated alkanes) is 3. The molecule has 1 aromatic rings. The van der Waals surface area contributed by atoms with Crippen LogP contribution in [0.1, 0.15) is 67.5 Å². The molecular weight excluding hydrogens is 214 g/mol. The van der Waals surface area contributed by atoms with Gasteiger partial charge in [-0.05, 0) is 25.3 Å². The smallest absolute Gasteiger partial charge is 0.271 e. The number of rotatable bonds is 7. The van der Waals surface area contributed by atoms with E-state index in [1.165, 1.54) is 32.1 Å². The van der Waals surface area contributed by atoms with Crippen LogP contribution in [0.4, 0.5) is 0 Å². The Kier molecular flexibility index (Phi) is 4.18. The number of aromatic amines is 1. The van der Waals surface area contributed by atoms with Gasteiger partial charge in [-0.3, -0.25) is 9.89 Å². The van der Waals surface area contributed by atoms with Crippen LogP contribution in [-0.2, 0) is 0 Å². The highest BCUT2D eigenvalue weighted by Crippen LogP contribution is 2.38. The topological polar surface area (TPSA) is 57.8 Å². The minimum absolute atomic E-state index is 0.0513. The predicted molar refractivity (Wildman–Crippen MR) is 67.0 cm³/mol. The number of amides is 1. The largest absolute Gasteiger partial charge is 0.351 e. The first-order valence-electron chi connectivity index (χ1n) is 6.64.